The van der Waals surface area contributed by atoms with Gasteiger partial charge in [0.15, 0.2) is 0 Å². The van der Waals surface area contributed by atoms with Crippen molar-refractivity contribution in [1.29, 1.82) is 0 Å². The van der Waals surface area contributed by atoms with Crippen LogP contribution in [-0.2, 0) is 14.3 Å². The topological polar surface area (TPSA) is 95.9 Å². The highest BCUT2D eigenvalue weighted by Gasteiger charge is 2.24. The Hall–Kier alpha value is -2.44. The van der Waals surface area contributed by atoms with E-state index in [9.17, 15) is 19.8 Å². The summed E-state index contributed by atoms with van der Waals surface area (Å²) in [5, 5.41) is 23.7. The van der Waals surface area contributed by atoms with Gasteiger partial charge in [0.25, 0.3) is 0 Å². The highest BCUT2D eigenvalue weighted by molar-refractivity contribution is 5.77. The normalized spacial score (nSPS) is 13.8. The maximum absolute atomic E-state index is 13.2. The summed E-state index contributed by atoms with van der Waals surface area (Å²) in [6.45, 7) is 6.32. The van der Waals surface area contributed by atoms with Crippen molar-refractivity contribution in [3.8, 4) is 0 Å². The average Bonchev–Trinajstić information content (AvgIpc) is 3.22. The first-order chi connectivity index (χ1) is 28.5. The van der Waals surface area contributed by atoms with E-state index in [4.69, 9.17) is 4.74 Å². The number of amides is 1. The number of rotatable bonds is 43. The number of hydrogen-bond acceptors (Lipinski definition) is 5. The van der Waals surface area contributed by atoms with E-state index >= 15 is 0 Å². The zero-order valence-electron chi connectivity index (χ0n) is 38.2. The lowest BCUT2D eigenvalue weighted by Gasteiger charge is -2.24. The molecule has 0 saturated carbocycles. The molecule has 0 bridgehead atoms. The monoisotopic (exact) mass is 812 g/mol. The van der Waals surface area contributed by atoms with Gasteiger partial charge in [0.05, 0.1) is 25.2 Å². The van der Waals surface area contributed by atoms with Gasteiger partial charge in [-0.15, -0.1) is 0 Å². The number of ether oxygens (including phenoxy) is 1. The minimum atomic E-state index is -0.797. The largest absolute Gasteiger partial charge is 0.462 e. The Morgan fingerprint density at radius 2 is 0.983 bits per heavy atom. The molecule has 0 aliphatic rings. The number of carbonyl (C=O) groups is 2. The van der Waals surface area contributed by atoms with E-state index in [0.29, 0.717) is 19.3 Å². The van der Waals surface area contributed by atoms with Crippen LogP contribution in [0.25, 0.3) is 0 Å². The maximum atomic E-state index is 13.2. The third-order valence-corrected chi connectivity index (χ3v) is 10.9. The van der Waals surface area contributed by atoms with Crippen LogP contribution in [0.3, 0.4) is 0 Å². The van der Waals surface area contributed by atoms with Crippen LogP contribution in [0.4, 0.5) is 0 Å². The summed E-state index contributed by atoms with van der Waals surface area (Å²) >= 11 is 0. The van der Waals surface area contributed by atoms with Crippen LogP contribution in [0.5, 0.6) is 0 Å². The van der Waals surface area contributed by atoms with E-state index in [1.807, 2.05) is 0 Å². The first kappa shape index (κ1) is 55.6. The predicted octanol–water partition coefficient (Wildman–Crippen LogP) is 14.5. The second-order valence-electron chi connectivity index (χ2n) is 16.5. The molecule has 0 saturated heterocycles. The van der Waals surface area contributed by atoms with Gasteiger partial charge < -0.3 is 20.3 Å². The number of aliphatic hydroxyl groups excluding tert-OH is 2. The Morgan fingerprint density at radius 3 is 1.55 bits per heavy atom. The summed E-state index contributed by atoms with van der Waals surface area (Å²) < 4.78 is 5.90. The highest BCUT2D eigenvalue weighted by Crippen LogP contribution is 2.17. The zero-order valence-corrected chi connectivity index (χ0v) is 38.2. The summed E-state index contributed by atoms with van der Waals surface area (Å²) in [6, 6.07) is -0.713. The molecule has 0 spiro atoms. The Labute approximate surface area is 358 Å². The standard InChI is InChI=1S/C52H93NO5/c1-4-7-10-13-16-19-22-25-27-30-33-36-39-42-45-52(57)58-48(43-40-37-34-31-28-26-23-20-17-14-11-8-5-2)46-51(56)53-49(47-54)50(55)44-41-38-35-32-29-24-21-18-15-12-9-6-3/h7,10,16-17,19-20,23,25-27,48-50,54-55H,4-6,8-9,11-15,18,21-22,24,28-47H2,1-3H3,(H,53,56)/b10-7+,19-16+,20-17+,26-23+,27-25+. The second-order valence-corrected chi connectivity index (χ2v) is 16.5. The Balaban J connectivity index is 4.66. The summed E-state index contributed by atoms with van der Waals surface area (Å²) in [5.41, 5.74) is 0. The molecule has 0 aliphatic carbocycles. The van der Waals surface area contributed by atoms with Gasteiger partial charge in [-0.2, -0.15) is 0 Å². The van der Waals surface area contributed by atoms with Crippen molar-refractivity contribution in [1.82, 2.24) is 5.32 Å². The van der Waals surface area contributed by atoms with Crippen molar-refractivity contribution in [3.63, 3.8) is 0 Å². The number of esters is 1. The molecule has 3 N–H and O–H groups in total. The lowest BCUT2D eigenvalue weighted by atomic mass is 10.0. The van der Waals surface area contributed by atoms with Crippen LogP contribution in [0.15, 0.2) is 60.8 Å². The summed E-state index contributed by atoms with van der Waals surface area (Å²) in [5.74, 6) is -0.521. The predicted molar refractivity (Wildman–Crippen MR) is 250 cm³/mol. The number of hydrogen-bond donors (Lipinski definition) is 3. The van der Waals surface area contributed by atoms with Crippen LogP contribution in [0.1, 0.15) is 233 Å². The van der Waals surface area contributed by atoms with Crippen molar-refractivity contribution >= 4 is 11.9 Å². The van der Waals surface area contributed by atoms with E-state index in [-0.39, 0.29) is 24.9 Å². The molecule has 3 atom stereocenters. The lowest BCUT2D eigenvalue weighted by molar-refractivity contribution is -0.151. The number of carbonyl (C=O) groups excluding carboxylic acids is 2. The van der Waals surface area contributed by atoms with Crippen molar-refractivity contribution in [2.24, 2.45) is 0 Å². The first-order valence-electron chi connectivity index (χ1n) is 24.5. The smallest absolute Gasteiger partial charge is 0.306 e. The molecule has 0 rings (SSSR count). The lowest BCUT2D eigenvalue weighted by Crippen LogP contribution is -2.46. The Bertz CT molecular complexity index is 1050. The molecular formula is C52H93NO5. The van der Waals surface area contributed by atoms with Crippen molar-refractivity contribution < 1.29 is 24.5 Å². The van der Waals surface area contributed by atoms with Crippen LogP contribution < -0.4 is 5.32 Å². The molecule has 1 amide bonds. The highest BCUT2D eigenvalue weighted by atomic mass is 16.5. The van der Waals surface area contributed by atoms with Gasteiger partial charge in [-0.1, -0.05) is 197 Å². The Morgan fingerprint density at radius 1 is 0.534 bits per heavy atom. The second kappa shape index (κ2) is 45.6. The Kier molecular flexibility index (Phi) is 43.7. The SMILES string of the molecule is CC/C=C/C/C=C/C/C=C/CCCCCCC(=O)OC(CCCCCC/C=C/C=C/CCCCC)CC(=O)NC(CO)C(O)CCCCCCCCCCCCCC. The number of allylic oxidation sites excluding steroid dienone is 10. The molecule has 0 fully saturated rings. The quantitative estimate of drug-likeness (QED) is 0.0247. The molecule has 3 unspecified atom stereocenters. The van der Waals surface area contributed by atoms with Gasteiger partial charge in [0.2, 0.25) is 5.91 Å². The van der Waals surface area contributed by atoms with Gasteiger partial charge in [0.1, 0.15) is 6.10 Å². The molecule has 0 aliphatic heterocycles. The van der Waals surface area contributed by atoms with Crippen LogP contribution in [0.2, 0.25) is 0 Å². The van der Waals surface area contributed by atoms with Gasteiger partial charge in [0, 0.05) is 6.42 Å². The van der Waals surface area contributed by atoms with Crippen LogP contribution in [0, 0.1) is 0 Å². The van der Waals surface area contributed by atoms with E-state index in [2.05, 4.69) is 86.8 Å². The molecule has 0 aromatic heterocycles. The van der Waals surface area contributed by atoms with Gasteiger partial charge in [-0.25, -0.2) is 0 Å². The van der Waals surface area contributed by atoms with Crippen LogP contribution in [-0.4, -0.2) is 46.9 Å². The van der Waals surface area contributed by atoms with E-state index in [1.165, 1.54) is 77.0 Å². The number of aliphatic hydroxyl groups is 2. The molecule has 6 heteroatoms. The van der Waals surface area contributed by atoms with Crippen molar-refractivity contribution in [3.05, 3.63) is 60.8 Å². The fourth-order valence-electron chi connectivity index (χ4n) is 7.14. The summed E-state index contributed by atoms with van der Waals surface area (Å²) in [7, 11) is 0. The molecular weight excluding hydrogens is 719 g/mol. The van der Waals surface area contributed by atoms with E-state index in [0.717, 1.165) is 109 Å². The summed E-state index contributed by atoms with van der Waals surface area (Å²) in [6.07, 6.45) is 55.6. The van der Waals surface area contributed by atoms with Gasteiger partial charge in [-0.05, 0) is 83.5 Å². The summed E-state index contributed by atoms with van der Waals surface area (Å²) in [4.78, 5) is 26.1. The third kappa shape index (κ3) is 40.3. The van der Waals surface area contributed by atoms with Gasteiger partial charge >= 0.3 is 5.97 Å². The third-order valence-electron chi connectivity index (χ3n) is 10.9. The number of nitrogens with one attached hydrogen (secondary N) is 1. The van der Waals surface area contributed by atoms with E-state index < -0.39 is 18.2 Å². The molecule has 0 radical (unpaired) electrons. The van der Waals surface area contributed by atoms with Crippen molar-refractivity contribution in [2.75, 3.05) is 6.61 Å². The fourth-order valence-corrected chi connectivity index (χ4v) is 7.14. The number of unbranched alkanes of at least 4 members (excludes halogenated alkanes) is 22. The maximum Gasteiger partial charge on any atom is 0.306 e. The van der Waals surface area contributed by atoms with Gasteiger partial charge in [-0.3, -0.25) is 9.59 Å². The molecule has 0 aromatic carbocycles. The minimum Gasteiger partial charge on any atom is -0.462 e. The molecule has 0 aromatic rings. The van der Waals surface area contributed by atoms with E-state index in [1.54, 1.807) is 0 Å². The molecule has 0 heterocycles. The molecule has 58 heavy (non-hydrogen) atoms. The first-order valence-corrected chi connectivity index (χ1v) is 24.5. The van der Waals surface area contributed by atoms with Crippen molar-refractivity contribution in [2.45, 2.75) is 251 Å². The molecule has 6 nitrogen and oxygen atoms in total. The zero-order chi connectivity index (χ0) is 42.4. The average molecular weight is 812 g/mol. The fraction of sp³-hybridized carbons (Fsp3) is 0.769. The minimum absolute atomic E-state index is 0.0534. The molecule has 336 valence electrons. The van der Waals surface area contributed by atoms with Crippen LogP contribution >= 0.6 is 0 Å².